The number of benzene rings is 2. The Kier molecular flexibility index (Phi) is 5.48. The van der Waals surface area contributed by atoms with Crippen LogP contribution in [0.5, 0.6) is 0 Å². The highest BCUT2D eigenvalue weighted by molar-refractivity contribution is 6.44. The van der Waals surface area contributed by atoms with Crippen molar-refractivity contribution in [1.82, 2.24) is 14.9 Å². The minimum absolute atomic E-state index is 0.272. The van der Waals surface area contributed by atoms with E-state index in [1.165, 1.54) is 11.1 Å². The number of fused-ring (bicyclic) bond motifs is 1. The highest BCUT2D eigenvalue weighted by Gasteiger charge is 2.51. The minimum Gasteiger partial charge on any atom is -0.361 e. The molecule has 166 valence electrons. The summed E-state index contributed by atoms with van der Waals surface area (Å²) >= 11 is 0. The van der Waals surface area contributed by atoms with Crippen LogP contribution in [-0.4, -0.2) is 38.9 Å². The summed E-state index contributed by atoms with van der Waals surface area (Å²) in [5.74, 6) is -3.00. The van der Waals surface area contributed by atoms with E-state index in [0.717, 1.165) is 16.5 Å². The molecule has 0 saturated carbocycles. The van der Waals surface area contributed by atoms with Gasteiger partial charge in [-0.25, -0.2) is 0 Å². The third-order valence-electron chi connectivity index (χ3n) is 6.31. The summed E-state index contributed by atoms with van der Waals surface area (Å²) < 4.78 is 0. The van der Waals surface area contributed by atoms with Crippen molar-refractivity contribution in [3.63, 3.8) is 0 Å². The molecule has 1 N–H and O–H groups in total. The fourth-order valence-electron chi connectivity index (χ4n) is 4.62. The van der Waals surface area contributed by atoms with E-state index in [1.54, 1.807) is 42.6 Å². The van der Waals surface area contributed by atoms with Gasteiger partial charge in [0.2, 0.25) is 5.78 Å². The summed E-state index contributed by atoms with van der Waals surface area (Å²) in [6.45, 7) is 0.272. The number of Topliss-reactive ketones (excluding diaryl/α,β-unsaturated/α-hetero) is 2. The summed E-state index contributed by atoms with van der Waals surface area (Å²) in [6.07, 6.45) is 5.38. The number of nitrogens with zero attached hydrogens (tertiary/aromatic N) is 3. The Labute approximate surface area is 195 Å². The van der Waals surface area contributed by atoms with Gasteiger partial charge in [-0.05, 0) is 47.9 Å². The van der Waals surface area contributed by atoms with E-state index in [4.69, 9.17) is 5.26 Å². The average Bonchev–Trinajstić information content (AvgIpc) is 3.41. The zero-order valence-corrected chi connectivity index (χ0v) is 18.1. The van der Waals surface area contributed by atoms with Crippen LogP contribution in [0.2, 0.25) is 0 Å². The van der Waals surface area contributed by atoms with Crippen molar-refractivity contribution in [2.45, 2.75) is 12.5 Å². The van der Waals surface area contributed by atoms with E-state index in [0.29, 0.717) is 17.5 Å². The van der Waals surface area contributed by atoms with Gasteiger partial charge in [-0.3, -0.25) is 19.4 Å². The van der Waals surface area contributed by atoms with Gasteiger partial charge in [-0.1, -0.05) is 30.3 Å². The molecule has 1 fully saturated rings. The van der Waals surface area contributed by atoms with Crippen LogP contribution in [0.25, 0.3) is 10.9 Å². The van der Waals surface area contributed by atoms with Crippen molar-refractivity contribution in [2.24, 2.45) is 5.92 Å². The minimum atomic E-state index is -1.17. The Morgan fingerprint density at radius 3 is 2.59 bits per heavy atom. The molecule has 1 aliphatic rings. The van der Waals surface area contributed by atoms with Crippen LogP contribution in [0.4, 0.5) is 0 Å². The second-order valence-corrected chi connectivity index (χ2v) is 8.23. The van der Waals surface area contributed by atoms with Gasteiger partial charge in [0.05, 0.1) is 17.7 Å². The van der Waals surface area contributed by atoms with Crippen LogP contribution >= 0.6 is 0 Å². The number of nitriles is 1. The van der Waals surface area contributed by atoms with Crippen molar-refractivity contribution in [3.8, 4) is 6.07 Å². The van der Waals surface area contributed by atoms with Crippen LogP contribution in [-0.2, 0) is 16.0 Å². The van der Waals surface area contributed by atoms with Crippen molar-refractivity contribution in [1.29, 1.82) is 5.26 Å². The van der Waals surface area contributed by atoms with Gasteiger partial charge in [-0.2, -0.15) is 5.26 Å². The molecule has 2 aromatic heterocycles. The van der Waals surface area contributed by atoms with Crippen molar-refractivity contribution >= 4 is 28.4 Å². The summed E-state index contributed by atoms with van der Waals surface area (Å²) in [5, 5.41) is 10.2. The van der Waals surface area contributed by atoms with E-state index in [-0.39, 0.29) is 12.1 Å². The van der Waals surface area contributed by atoms with Gasteiger partial charge in [-0.15, -0.1) is 0 Å². The third-order valence-corrected chi connectivity index (χ3v) is 6.31. The number of H-pyrrole nitrogens is 1. The fraction of sp³-hybridized carbons (Fsp3) is 0.148. The number of hydrogen-bond acceptors (Lipinski definition) is 5. The molecule has 7 heteroatoms. The van der Waals surface area contributed by atoms with Gasteiger partial charge in [0, 0.05) is 41.6 Å². The monoisotopic (exact) mass is 448 g/mol. The number of likely N-dealkylation sites (tertiary alicyclic amines) is 1. The predicted octanol–water partition coefficient (Wildman–Crippen LogP) is 3.63. The highest BCUT2D eigenvalue weighted by Crippen LogP contribution is 2.38. The largest absolute Gasteiger partial charge is 0.361 e. The van der Waals surface area contributed by atoms with E-state index in [9.17, 15) is 14.4 Å². The zero-order chi connectivity index (χ0) is 23.7. The first-order valence-electron chi connectivity index (χ1n) is 10.9. The lowest BCUT2D eigenvalue weighted by Gasteiger charge is -2.27. The average molecular weight is 448 g/mol. The quantitative estimate of drug-likeness (QED) is 0.275. The first-order valence-corrected chi connectivity index (χ1v) is 10.9. The number of rotatable bonds is 6. The molecule has 3 heterocycles. The second kappa shape index (κ2) is 8.75. The number of aromatic nitrogens is 2. The van der Waals surface area contributed by atoms with Crippen LogP contribution in [0, 0.1) is 17.2 Å². The molecule has 1 saturated heterocycles. The highest BCUT2D eigenvalue weighted by atomic mass is 16.2. The van der Waals surface area contributed by atoms with Gasteiger partial charge < -0.3 is 9.88 Å². The smallest absolute Gasteiger partial charge is 0.291 e. The number of amides is 1. The molecule has 2 unspecified atom stereocenters. The Balaban J connectivity index is 1.51. The molecule has 2 aromatic carbocycles. The van der Waals surface area contributed by atoms with Crippen LogP contribution in [0.1, 0.15) is 33.1 Å². The molecular formula is C27H20N4O3. The van der Waals surface area contributed by atoms with E-state index < -0.39 is 29.4 Å². The molecule has 5 rings (SSSR count). The molecular weight excluding hydrogens is 428 g/mol. The lowest BCUT2D eigenvalue weighted by molar-refractivity contribution is -0.140. The normalized spacial score (nSPS) is 17.8. The number of carbonyl (C=O) groups is 3. The first-order chi connectivity index (χ1) is 16.6. The van der Waals surface area contributed by atoms with Crippen molar-refractivity contribution < 1.29 is 14.4 Å². The van der Waals surface area contributed by atoms with Gasteiger partial charge >= 0.3 is 0 Å². The van der Waals surface area contributed by atoms with Crippen LogP contribution in [0.3, 0.4) is 0 Å². The molecule has 0 aliphatic carbocycles. The number of carbonyl (C=O) groups excluding carboxylic acids is 3. The first kappa shape index (κ1) is 21.3. The number of para-hydroxylation sites is 1. The summed E-state index contributed by atoms with van der Waals surface area (Å²) in [4.78, 5) is 48.3. The Bertz CT molecular complexity index is 1430. The third kappa shape index (κ3) is 3.65. The van der Waals surface area contributed by atoms with Gasteiger partial charge in [0.15, 0.2) is 5.78 Å². The van der Waals surface area contributed by atoms with E-state index in [2.05, 4.69) is 16.0 Å². The number of ketones is 2. The van der Waals surface area contributed by atoms with Crippen LogP contribution in [0.15, 0.2) is 79.3 Å². The van der Waals surface area contributed by atoms with Crippen molar-refractivity contribution in [2.75, 3.05) is 6.54 Å². The molecule has 0 spiro atoms. The molecule has 7 nitrogen and oxygen atoms in total. The van der Waals surface area contributed by atoms with Crippen molar-refractivity contribution in [3.05, 3.63) is 102 Å². The fourth-order valence-corrected chi connectivity index (χ4v) is 4.62. The summed E-state index contributed by atoms with van der Waals surface area (Å²) in [7, 11) is 0. The number of pyridine rings is 1. The predicted molar refractivity (Wildman–Crippen MR) is 125 cm³/mol. The van der Waals surface area contributed by atoms with E-state index in [1.807, 2.05) is 30.5 Å². The zero-order valence-electron chi connectivity index (χ0n) is 18.1. The van der Waals surface area contributed by atoms with E-state index >= 15 is 0 Å². The lowest BCUT2D eigenvalue weighted by Crippen LogP contribution is -2.32. The Morgan fingerprint density at radius 1 is 1.06 bits per heavy atom. The Hall–Kier alpha value is -4.57. The van der Waals surface area contributed by atoms with Crippen LogP contribution < -0.4 is 0 Å². The second-order valence-electron chi connectivity index (χ2n) is 8.23. The molecule has 0 radical (unpaired) electrons. The number of hydrogen-bond donors (Lipinski definition) is 1. The van der Waals surface area contributed by atoms with Gasteiger partial charge in [0.25, 0.3) is 5.91 Å². The standard InChI is InChI=1S/C27H20N4O3/c28-14-17-7-9-18(10-8-17)24-23(25(32)20-4-3-12-29-15-20)26(33)27(34)31(24)13-11-19-16-30-22-6-2-1-5-21(19)22/h1-10,12,15-16,23-24,30H,11,13H2. The summed E-state index contributed by atoms with van der Waals surface area (Å²) in [5.41, 5.74) is 3.40. The molecule has 1 amide bonds. The lowest BCUT2D eigenvalue weighted by atomic mass is 9.86. The Morgan fingerprint density at radius 2 is 1.85 bits per heavy atom. The molecule has 0 bridgehead atoms. The molecule has 34 heavy (non-hydrogen) atoms. The number of nitrogens with one attached hydrogen (secondary N) is 1. The SMILES string of the molecule is N#Cc1ccc(C2C(C(=O)c3cccnc3)C(=O)C(=O)N2CCc2c[nH]c3ccccc23)cc1. The maximum atomic E-state index is 13.4. The summed E-state index contributed by atoms with van der Waals surface area (Å²) in [6, 6.07) is 19.1. The van der Waals surface area contributed by atoms with Gasteiger partial charge in [0.1, 0.15) is 5.92 Å². The molecule has 1 aliphatic heterocycles. The maximum absolute atomic E-state index is 13.4. The number of aromatic amines is 1. The topological polar surface area (TPSA) is 107 Å². The maximum Gasteiger partial charge on any atom is 0.291 e. The molecule has 4 aromatic rings. The molecule has 2 atom stereocenters.